The fraction of sp³-hybridized carbons (Fsp3) is 0.613. The highest BCUT2D eigenvalue weighted by molar-refractivity contribution is 5.64. The second-order valence-electron chi connectivity index (χ2n) is 11.1. The van der Waals surface area contributed by atoms with Crippen molar-refractivity contribution in [1.29, 1.82) is 0 Å². The number of rotatable bonds is 7. The van der Waals surface area contributed by atoms with E-state index in [0.717, 1.165) is 17.8 Å². The van der Waals surface area contributed by atoms with E-state index in [4.69, 9.17) is 0 Å². The smallest absolute Gasteiger partial charge is 0.0162 e. The van der Waals surface area contributed by atoms with E-state index in [0.29, 0.717) is 5.41 Å². The summed E-state index contributed by atoms with van der Waals surface area (Å²) in [5, 5.41) is 0. The Balaban J connectivity index is 1.34. The van der Waals surface area contributed by atoms with Crippen molar-refractivity contribution in [2.75, 3.05) is 0 Å². The van der Waals surface area contributed by atoms with Crippen LogP contribution in [0.15, 0.2) is 48.5 Å². The topological polar surface area (TPSA) is 0 Å². The maximum atomic E-state index is 2.53. The van der Waals surface area contributed by atoms with Gasteiger partial charge in [0.25, 0.3) is 0 Å². The van der Waals surface area contributed by atoms with Gasteiger partial charge in [-0.2, -0.15) is 0 Å². The van der Waals surface area contributed by atoms with E-state index in [1.54, 1.807) is 11.1 Å². The lowest BCUT2D eigenvalue weighted by Gasteiger charge is -2.37. The van der Waals surface area contributed by atoms with Crippen LogP contribution in [-0.2, 0) is 0 Å². The van der Waals surface area contributed by atoms with Crippen LogP contribution in [0.4, 0.5) is 0 Å². The van der Waals surface area contributed by atoms with E-state index >= 15 is 0 Å². The lowest BCUT2D eigenvalue weighted by molar-refractivity contribution is 0.179. The van der Waals surface area contributed by atoms with E-state index in [1.165, 1.54) is 88.2 Å². The van der Waals surface area contributed by atoms with E-state index in [-0.39, 0.29) is 0 Å². The summed E-state index contributed by atoms with van der Waals surface area (Å²) >= 11 is 0. The molecule has 0 saturated heterocycles. The molecule has 0 nitrogen and oxygen atoms in total. The molecule has 2 saturated carbocycles. The molecule has 168 valence electrons. The van der Waals surface area contributed by atoms with Gasteiger partial charge in [-0.25, -0.2) is 0 Å². The zero-order valence-electron chi connectivity index (χ0n) is 20.3. The summed E-state index contributed by atoms with van der Waals surface area (Å²) in [5.74, 6) is 2.53. The first-order chi connectivity index (χ1) is 15.1. The molecule has 0 bridgehead atoms. The van der Waals surface area contributed by atoms with E-state index < -0.39 is 0 Å². The molecule has 0 spiro atoms. The lowest BCUT2D eigenvalue weighted by Crippen LogP contribution is -2.23. The Morgan fingerprint density at radius 1 is 0.677 bits per heavy atom. The zero-order valence-corrected chi connectivity index (χ0v) is 20.3. The van der Waals surface area contributed by atoms with Crippen molar-refractivity contribution in [3.05, 3.63) is 59.7 Å². The molecule has 0 radical (unpaired) electrons. The maximum absolute atomic E-state index is 2.53. The van der Waals surface area contributed by atoms with Crippen LogP contribution in [0.2, 0.25) is 0 Å². The SMILES string of the molecule is CCCCC1(C)CCC(c2ccc(-c3ccc(C4CCC(CC)CC4)cc3)cc2)CC1. The van der Waals surface area contributed by atoms with Crippen molar-refractivity contribution in [2.45, 2.75) is 110 Å². The third kappa shape index (κ3) is 5.63. The third-order valence-corrected chi connectivity index (χ3v) is 8.85. The summed E-state index contributed by atoms with van der Waals surface area (Å²) in [7, 11) is 0. The minimum Gasteiger partial charge on any atom is -0.0654 e. The minimum absolute atomic E-state index is 0.601. The second-order valence-corrected chi connectivity index (χ2v) is 11.1. The summed E-state index contributed by atoms with van der Waals surface area (Å²) in [6.07, 6.45) is 16.7. The molecule has 2 fully saturated rings. The first kappa shape index (κ1) is 22.6. The standard InChI is InChI=1S/C31H44/c1-4-6-21-31(3)22-19-30(20-23-31)29-17-15-28(16-18-29)27-13-11-26(12-14-27)25-9-7-24(5-2)8-10-25/h11-18,24-25,30H,4-10,19-23H2,1-3H3. The van der Waals surface area contributed by atoms with Crippen molar-refractivity contribution in [3.8, 4) is 11.1 Å². The van der Waals surface area contributed by atoms with Crippen molar-refractivity contribution in [2.24, 2.45) is 11.3 Å². The van der Waals surface area contributed by atoms with Gasteiger partial charge in [-0.1, -0.05) is 88.6 Å². The average molecular weight is 417 g/mol. The fourth-order valence-corrected chi connectivity index (χ4v) is 6.30. The molecule has 2 aromatic rings. The highest BCUT2D eigenvalue weighted by Gasteiger charge is 2.31. The van der Waals surface area contributed by atoms with Crippen LogP contribution in [0.25, 0.3) is 11.1 Å². The molecule has 0 atom stereocenters. The molecule has 0 amide bonds. The van der Waals surface area contributed by atoms with Crippen LogP contribution in [0.3, 0.4) is 0 Å². The fourth-order valence-electron chi connectivity index (χ4n) is 6.30. The van der Waals surface area contributed by atoms with Crippen molar-refractivity contribution < 1.29 is 0 Å². The molecule has 2 aliphatic rings. The van der Waals surface area contributed by atoms with Gasteiger partial charge in [0.15, 0.2) is 0 Å². The highest BCUT2D eigenvalue weighted by atomic mass is 14.4. The first-order valence-corrected chi connectivity index (χ1v) is 13.3. The van der Waals surface area contributed by atoms with Gasteiger partial charge in [0.05, 0.1) is 0 Å². The van der Waals surface area contributed by atoms with Gasteiger partial charge < -0.3 is 0 Å². The zero-order chi connectivity index (χ0) is 21.7. The molecule has 0 aromatic heterocycles. The van der Waals surface area contributed by atoms with E-state index in [2.05, 4.69) is 69.3 Å². The lowest BCUT2D eigenvalue weighted by atomic mass is 9.68. The molecule has 2 aliphatic carbocycles. The molecule has 31 heavy (non-hydrogen) atoms. The molecule has 4 rings (SSSR count). The summed E-state index contributed by atoms with van der Waals surface area (Å²) in [6.45, 7) is 7.20. The van der Waals surface area contributed by atoms with Crippen LogP contribution in [0.5, 0.6) is 0 Å². The second kappa shape index (κ2) is 10.4. The Hall–Kier alpha value is -1.56. The van der Waals surface area contributed by atoms with Crippen LogP contribution >= 0.6 is 0 Å². The Morgan fingerprint density at radius 3 is 1.61 bits per heavy atom. The molecule has 0 N–H and O–H groups in total. The summed E-state index contributed by atoms with van der Waals surface area (Å²) in [6, 6.07) is 19.1. The summed E-state index contributed by atoms with van der Waals surface area (Å²) in [4.78, 5) is 0. The summed E-state index contributed by atoms with van der Waals surface area (Å²) in [5.41, 5.74) is 6.46. The molecule has 2 aromatic carbocycles. The van der Waals surface area contributed by atoms with Gasteiger partial charge in [-0.05, 0) is 103 Å². The van der Waals surface area contributed by atoms with Gasteiger partial charge >= 0.3 is 0 Å². The van der Waals surface area contributed by atoms with Crippen LogP contribution in [-0.4, -0.2) is 0 Å². The number of hydrogen-bond acceptors (Lipinski definition) is 0. The Labute approximate surface area is 191 Å². The largest absolute Gasteiger partial charge is 0.0654 e. The van der Waals surface area contributed by atoms with Crippen molar-refractivity contribution in [1.82, 2.24) is 0 Å². The average Bonchev–Trinajstić information content (AvgIpc) is 2.84. The molecule has 0 aliphatic heterocycles. The number of benzene rings is 2. The predicted molar refractivity (Wildman–Crippen MR) is 136 cm³/mol. The van der Waals surface area contributed by atoms with Gasteiger partial charge in [0.2, 0.25) is 0 Å². The quantitative estimate of drug-likeness (QED) is 0.421. The molecule has 0 heterocycles. The van der Waals surface area contributed by atoms with E-state index in [1.807, 2.05) is 0 Å². The Morgan fingerprint density at radius 2 is 1.16 bits per heavy atom. The van der Waals surface area contributed by atoms with Gasteiger partial charge in [0, 0.05) is 0 Å². The van der Waals surface area contributed by atoms with Crippen LogP contribution in [0.1, 0.15) is 121 Å². The van der Waals surface area contributed by atoms with Crippen LogP contribution in [0, 0.1) is 11.3 Å². The third-order valence-electron chi connectivity index (χ3n) is 8.85. The van der Waals surface area contributed by atoms with Crippen molar-refractivity contribution >= 4 is 0 Å². The number of hydrogen-bond donors (Lipinski definition) is 0. The Bertz CT molecular complexity index is 781. The van der Waals surface area contributed by atoms with Gasteiger partial charge in [-0.15, -0.1) is 0 Å². The normalized spacial score (nSPS) is 29.1. The number of unbranched alkanes of at least 4 members (excludes halogenated alkanes) is 1. The van der Waals surface area contributed by atoms with Gasteiger partial charge in [0.1, 0.15) is 0 Å². The van der Waals surface area contributed by atoms with E-state index in [9.17, 15) is 0 Å². The molecular weight excluding hydrogens is 372 g/mol. The minimum atomic E-state index is 0.601. The highest BCUT2D eigenvalue weighted by Crippen LogP contribution is 2.46. The maximum Gasteiger partial charge on any atom is -0.0162 e. The monoisotopic (exact) mass is 416 g/mol. The first-order valence-electron chi connectivity index (χ1n) is 13.3. The summed E-state index contributed by atoms with van der Waals surface area (Å²) < 4.78 is 0. The van der Waals surface area contributed by atoms with Crippen molar-refractivity contribution in [3.63, 3.8) is 0 Å². The molecule has 0 unspecified atom stereocenters. The van der Waals surface area contributed by atoms with Crippen LogP contribution < -0.4 is 0 Å². The molecule has 0 heteroatoms. The molecular formula is C31H44. The Kier molecular flexibility index (Phi) is 7.57. The predicted octanol–water partition coefficient (Wildman–Crippen LogP) is 9.89. The van der Waals surface area contributed by atoms with Gasteiger partial charge in [-0.3, -0.25) is 0 Å².